The minimum Gasteiger partial charge on any atom is -0.463 e. The van der Waals surface area contributed by atoms with Gasteiger partial charge >= 0.3 is 5.97 Å². The summed E-state index contributed by atoms with van der Waals surface area (Å²) < 4.78 is 21.2. The number of hydrogen-bond donors (Lipinski definition) is 0. The molecule has 0 aromatic carbocycles. The van der Waals surface area contributed by atoms with E-state index in [1.54, 1.807) is 0 Å². The van der Waals surface area contributed by atoms with Crippen molar-refractivity contribution in [1.82, 2.24) is 0 Å². The summed E-state index contributed by atoms with van der Waals surface area (Å²) in [5.41, 5.74) is -0.0396. The summed E-state index contributed by atoms with van der Waals surface area (Å²) in [6.45, 7) is 5.65. The van der Waals surface area contributed by atoms with Crippen LogP contribution in [0.5, 0.6) is 0 Å². The number of esters is 1. The molecular weight excluding hydrogens is 224 g/mol. The first-order valence-corrected chi connectivity index (χ1v) is 6.12. The summed E-state index contributed by atoms with van der Waals surface area (Å²) in [7, 11) is 0. The molecule has 1 aliphatic heterocycles. The maximum absolute atomic E-state index is 11.7. The smallest absolute Gasteiger partial charge is 0.309 e. The van der Waals surface area contributed by atoms with Gasteiger partial charge in [0.1, 0.15) is 6.61 Å². The number of rotatable bonds is 0. The molecule has 0 bridgehead atoms. The maximum Gasteiger partial charge on any atom is 0.309 e. The van der Waals surface area contributed by atoms with Crippen LogP contribution in [0.2, 0.25) is 0 Å². The lowest BCUT2D eigenvalue weighted by Crippen LogP contribution is -2.20. The molecule has 0 N–H and O–H groups in total. The highest BCUT2D eigenvalue weighted by Gasteiger charge is 2.55. The van der Waals surface area contributed by atoms with Gasteiger partial charge in [-0.05, 0) is 6.42 Å². The molecule has 1 heterocycles. The molecule has 1 saturated heterocycles. The molecule has 0 aromatic heterocycles. The Kier molecular flexibility index (Phi) is 4.36. The zero-order valence-corrected chi connectivity index (χ0v) is 10.3. The normalized spacial score (nSPS) is 36.5. The number of hydrogen-bond acceptors (Lipinski definition) is 5. The van der Waals surface area contributed by atoms with Crippen LogP contribution in [0.3, 0.4) is 0 Å². The van der Waals surface area contributed by atoms with Crippen LogP contribution in [-0.4, -0.2) is 52.2 Å². The molecule has 2 rings (SSSR count). The average Bonchev–Trinajstić information content (AvgIpc) is 2.98. The molecule has 0 aromatic rings. The van der Waals surface area contributed by atoms with Gasteiger partial charge in [-0.2, -0.15) is 0 Å². The van der Waals surface area contributed by atoms with E-state index in [4.69, 9.17) is 18.9 Å². The fourth-order valence-electron chi connectivity index (χ4n) is 1.98. The Morgan fingerprint density at radius 3 is 2.29 bits per heavy atom. The Labute approximate surface area is 101 Å². The van der Waals surface area contributed by atoms with E-state index in [0.29, 0.717) is 46.2 Å². The van der Waals surface area contributed by atoms with Crippen molar-refractivity contribution >= 4 is 5.97 Å². The van der Waals surface area contributed by atoms with Crippen molar-refractivity contribution in [3.63, 3.8) is 0 Å². The van der Waals surface area contributed by atoms with Gasteiger partial charge in [-0.15, -0.1) is 0 Å². The van der Waals surface area contributed by atoms with E-state index in [2.05, 4.69) is 6.92 Å². The van der Waals surface area contributed by atoms with Gasteiger partial charge in [-0.3, -0.25) is 4.79 Å². The van der Waals surface area contributed by atoms with E-state index in [1.165, 1.54) is 0 Å². The van der Waals surface area contributed by atoms with Gasteiger partial charge in [0.2, 0.25) is 0 Å². The molecule has 5 heteroatoms. The molecule has 2 aliphatic rings. The first-order chi connectivity index (χ1) is 8.22. The molecule has 17 heavy (non-hydrogen) atoms. The second kappa shape index (κ2) is 5.80. The Morgan fingerprint density at radius 2 is 1.59 bits per heavy atom. The molecular formula is C12H20O5. The van der Waals surface area contributed by atoms with Gasteiger partial charge in [0.15, 0.2) is 0 Å². The summed E-state index contributed by atoms with van der Waals surface area (Å²) in [5, 5.41) is 0. The van der Waals surface area contributed by atoms with Gasteiger partial charge in [0.25, 0.3) is 0 Å². The summed E-state index contributed by atoms with van der Waals surface area (Å²) in [5.74, 6) is -0.126. The van der Waals surface area contributed by atoms with Crippen molar-refractivity contribution in [2.45, 2.75) is 13.3 Å². The molecule has 0 spiro atoms. The van der Waals surface area contributed by atoms with Crippen molar-refractivity contribution in [2.75, 3.05) is 46.2 Å². The van der Waals surface area contributed by atoms with Crippen LogP contribution >= 0.6 is 0 Å². The number of carbonyl (C=O) groups excluding carboxylic acids is 1. The van der Waals surface area contributed by atoms with Gasteiger partial charge in [-0.1, -0.05) is 6.92 Å². The highest BCUT2D eigenvalue weighted by atomic mass is 16.6. The van der Waals surface area contributed by atoms with E-state index >= 15 is 0 Å². The zero-order chi connectivity index (χ0) is 12.1. The second-order valence-corrected chi connectivity index (χ2v) is 4.86. The monoisotopic (exact) mass is 244 g/mol. The van der Waals surface area contributed by atoms with E-state index in [1.807, 2.05) is 0 Å². The highest BCUT2D eigenvalue weighted by Crippen LogP contribution is 2.52. The van der Waals surface area contributed by atoms with E-state index < -0.39 is 0 Å². The molecule has 98 valence electrons. The molecule has 0 unspecified atom stereocenters. The fraction of sp³-hybridized carbons (Fsp3) is 0.917. The highest BCUT2D eigenvalue weighted by molar-refractivity contribution is 5.76. The van der Waals surface area contributed by atoms with Crippen LogP contribution in [0, 0.1) is 11.3 Å². The minimum absolute atomic E-state index is 0.00800. The third kappa shape index (κ3) is 3.66. The Hall–Kier alpha value is -0.650. The SMILES string of the molecule is C[C@]12COCCOCCOCCOC(=O)[C@@H]1C2. The summed E-state index contributed by atoms with van der Waals surface area (Å²) in [4.78, 5) is 11.7. The largest absolute Gasteiger partial charge is 0.463 e. The maximum atomic E-state index is 11.7. The van der Waals surface area contributed by atoms with Crippen LogP contribution in [0.15, 0.2) is 0 Å². The van der Waals surface area contributed by atoms with Gasteiger partial charge in [0.05, 0.1) is 45.6 Å². The van der Waals surface area contributed by atoms with Crippen molar-refractivity contribution in [2.24, 2.45) is 11.3 Å². The summed E-state index contributed by atoms with van der Waals surface area (Å²) >= 11 is 0. The second-order valence-electron chi connectivity index (χ2n) is 4.86. The molecule has 5 nitrogen and oxygen atoms in total. The number of ether oxygens (including phenoxy) is 4. The van der Waals surface area contributed by atoms with Crippen LogP contribution in [0.1, 0.15) is 13.3 Å². The molecule has 1 aliphatic carbocycles. The lowest BCUT2D eigenvalue weighted by Gasteiger charge is -2.13. The minimum atomic E-state index is -0.118. The first-order valence-electron chi connectivity index (χ1n) is 6.12. The van der Waals surface area contributed by atoms with Crippen molar-refractivity contribution in [1.29, 1.82) is 0 Å². The number of carbonyl (C=O) groups is 1. The number of fused-ring (bicyclic) bond motifs is 1. The van der Waals surface area contributed by atoms with Crippen molar-refractivity contribution in [3.8, 4) is 0 Å². The molecule has 0 radical (unpaired) electrons. The Bertz CT molecular complexity index is 268. The third-order valence-corrected chi connectivity index (χ3v) is 3.28. The lowest BCUT2D eigenvalue weighted by molar-refractivity contribution is -0.148. The Morgan fingerprint density at radius 1 is 1.00 bits per heavy atom. The number of cyclic esters (lactones) is 1. The van der Waals surface area contributed by atoms with Crippen molar-refractivity contribution in [3.05, 3.63) is 0 Å². The van der Waals surface area contributed by atoms with Crippen LogP contribution in [0.25, 0.3) is 0 Å². The zero-order valence-electron chi connectivity index (χ0n) is 10.3. The van der Waals surface area contributed by atoms with Gasteiger partial charge in [0, 0.05) is 5.41 Å². The topological polar surface area (TPSA) is 54.0 Å². The van der Waals surface area contributed by atoms with E-state index in [-0.39, 0.29) is 17.3 Å². The first kappa shape index (κ1) is 12.8. The lowest BCUT2D eigenvalue weighted by atomic mass is 10.1. The Balaban J connectivity index is 1.79. The molecule has 2 atom stereocenters. The molecule has 0 amide bonds. The molecule has 1 saturated carbocycles. The predicted molar refractivity (Wildman–Crippen MR) is 59.6 cm³/mol. The fourth-order valence-corrected chi connectivity index (χ4v) is 1.98. The standard InChI is InChI=1S/C12H20O5/c1-12-8-10(12)11(13)17-7-6-15-3-2-14-4-5-16-9-12/h10H,2-9H2,1H3/t10-,12-/m0/s1. The third-order valence-electron chi connectivity index (χ3n) is 3.28. The van der Waals surface area contributed by atoms with Gasteiger partial charge < -0.3 is 18.9 Å². The predicted octanol–water partition coefficient (Wildman–Crippen LogP) is 0.619. The van der Waals surface area contributed by atoms with Crippen LogP contribution < -0.4 is 0 Å². The van der Waals surface area contributed by atoms with Crippen LogP contribution in [-0.2, 0) is 23.7 Å². The summed E-state index contributed by atoms with van der Waals surface area (Å²) in [6.07, 6.45) is 0.855. The molecule has 2 fully saturated rings. The van der Waals surface area contributed by atoms with Crippen LogP contribution in [0.4, 0.5) is 0 Å². The van der Waals surface area contributed by atoms with Gasteiger partial charge in [-0.25, -0.2) is 0 Å². The van der Waals surface area contributed by atoms with E-state index in [9.17, 15) is 4.79 Å². The summed E-state index contributed by atoms with van der Waals surface area (Å²) in [6, 6.07) is 0. The average molecular weight is 244 g/mol. The van der Waals surface area contributed by atoms with Crippen molar-refractivity contribution < 1.29 is 23.7 Å². The van der Waals surface area contributed by atoms with E-state index in [0.717, 1.165) is 6.42 Å². The quantitative estimate of drug-likeness (QED) is 0.585.